The smallest absolute Gasteiger partial charge is 0.258 e. The number of ether oxygens (including phenoxy) is 2. The lowest BCUT2D eigenvalue weighted by Crippen LogP contribution is -2.36. The van der Waals surface area contributed by atoms with Crippen molar-refractivity contribution < 1.29 is 29.0 Å². The number of nitrogens with zero attached hydrogens (tertiary/aromatic N) is 3. The van der Waals surface area contributed by atoms with Crippen LogP contribution < -0.4 is 14.8 Å². The van der Waals surface area contributed by atoms with E-state index in [9.17, 15) is 9.90 Å². The van der Waals surface area contributed by atoms with E-state index in [-0.39, 0.29) is 13.2 Å². The number of rotatable bonds is 11. The summed E-state index contributed by atoms with van der Waals surface area (Å²) < 4.78 is 17.0. The second-order valence-corrected chi connectivity index (χ2v) is 9.29. The first kappa shape index (κ1) is 26.6. The Hall–Kier alpha value is -3.50. The minimum atomic E-state index is -0.912. The quantitative estimate of drug-likeness (QED) is 0.355. The molecule has 0 bridgehead atoms. The van der Waals surface area contributed by atoms with Crippen LogP contribution in [-0.2, 0) is 11.2 Å². The number of aliphatic hydroxyl groups is 2. The summed E-state index contributed by atoms with van der Waals surface area (Å²) >= 11 is 0. The summed E-state index contributed by atoms with van der Waals surface area (Å²) in [6.07, 6.45) is 4.44. The molecule has 1 aliphatic rings. The van der Waals surface area contributed by atoms with Crippen molar-refractivity contribution in [1.29, 1.82) is 0 Å². The van der Waals surface area contributed by atoms with Crippen molar-refractivity contribution in [3.8, 4) is 34.5 Å². The lowest BCUT2D eigenvalue weighted by molar-refractivity contribution is -0.124. The molecule has 1 aromatic carbocycles. The van der Waals surface area contributed by atoms with Gasteiger partial charge in [0.15, 0.2) is 0 Å². The van der Waals surface area contributed by atoms with Gasteiger partial charge in [0.05, 0.1) is 7.11 Å². The van der Waals surface area contributed by atoms with Crippen LogP contribution in [0.2, 0.25) is 0 Å². The van der Waals surface area contributed by atoms with E-state index in [0.29, 0.717) is 35.7 Å². The third kappa shape index (κ3) is 6.44. The third-order valence-electron chi connectivity index (χ3n) is 6.57. The molecule has 0 aliphatic heterocycles. The first-order chi connectivity index (χ1) is 17.9. The molecule has 0 saturated heterocycles. The van der Waals surface area contributed by atoms with Crippen LogP contribution in [0.25, 0.3) is 22.8 Å². The number of aryl methyl sites for hydroxylation is 2. The molecular formula is C27H34N4O6. The van der Waals surface area contributed by atoms with Gasteiger partial charge >= 0.3 is 0 Å². The van der Waals surface area contributed by atoms with E-state index in [4.69, 9.17) is 19.1 Å². The Morgan fingerprint density at radius 2 is 1.97 bits per heavy atom. The predicted octanol–water partition coefficient (Wildman–Crippen LogP) is 3.18. The number of amides is 1. The topological polar surface area (TPSA) is 140 Å². The number of nitrogens with one attached hydrogen (secondary N) is 1. The monoisotopic (exact) mass is 510 g/mol. The Balaban J connectivity index is 1.53. The number of methoxy groups -OCH3 is 1. The van der Waals surface area contributed by atoms with Gasteiger partial charge in [-0.05, 0) is 55.5 Å². The summed E-state index contributed by atoms with van der Waals surface area (Å²) in [7, 11) is 1.60. The van der Waals surface area contributed by atoms with Gasteiger partial charge in [-0.2, -0.15) is 4.98 Å². The summed E-state index contributed by atoms with van der Waals surface area (Å²) in [6, 6.07) is 7.70. The number of pyridine rings is 1. The van der Waals surface area contributed by atoms with E-state index in [2.05, 4.69) is 20.4 Å². The van der Waals surface area contributed by atoms with Gasteiger partial charge in [-0.15, -0.1) is 0 Å². The van der Waals surface area contributed by atoms with Gasteiger partial charge in [0.1, 0.15) is 25.1 Å². The summed E-state index contributed by atoms with van der Waals surface area (Å²) in [6.45, 7) is 3.30. The van der Waals surface area contributed by atoms with Gasteiger partial charge in [-0.25, -0.2) is 4.98 Å². The molecule has 3 N–H and O–H groups in total. The van der Waals surface area contributed by atoms with E-state index in [1.54, 1.807) is 7.11 Å². The van der Waals surface area contributed by atoms with Crippen molar-refractivity contribution in [1.82, 2.24) is 20.4 Å². The Kier molecular flexibility index (Phi) is 8.73. The zero-order valence-corrected chi connectivity index (χ0v) is 21.5. The fraction of sp³-hybridized carbons (Fsp3) is 0.481. The van der Waals surface area contributed by atoms with Gasteiger partial charge in [-0.3, -0.25) is 4.79 Å². The van der Waals surface area contributed by atoms with E-state index < -0.39 is 18.6 Å². The Morgan fingerprint density at radius 1 is 1.19 bits per heavy atom. The van der Waals surface area contributed by atoms with Crippen LogP contribution in [0.3, 0.4) is 0 Å². The first-order valence-electron chi connectivity index (χ1n) is 12.6. The fourth-order valence-corrected chi connectivity index (χ4v) is 4.61. The Bertz CT molecular complexity index is 1220. The van der Waals surface area contributed by atoms with Crippen LogP contribution in [0.5, 0.6) is 11.6 Å². The maximum Gasteiger partial charge on any atom is 0.258 e. The lowest BCUT2D eigenvalue weighted by atomic mass is 10.0. The van der Waals surface area contributed by atoms with Crippen LogP contribution in [0.4, 0.5) is 0 Å². The molecule has 1 saturated carbocycles. The van der Waals surface area contributed by atoms with Crippen LogP contribution in [0.15, 0.2) is 28.8 Å². The highest BCUT2D eigenvalue weighted by molar-refractivity contribution is 5.76. The number of aromatic nitrogens is 3. The molecular weight excluding hydrogens is 476 g/mol. The van der Waals surface area contributed by atoms with Crippen LogP contribution in [0, 0.1) is 6.92 Å². The Morgan fingerprint density at radius 3 is 2.68 bits per heavy atom. The van der Waals surface area contributed by atoms with Gasteiger partial charge in [0.25, 0.3) is 5.89 Å². The SMILES string of the molecule is CCc1cc(-c2noc(-c3cc(OC)nc(C4CCCC4)c3)n2)cc(C)c1OCC(O)CNC(=O)CO. The molecule has 2 heterocycles. The van der Waals surface area contributed by atoms with E-state index >= 15 is 0 Å². The van der Waals surface area contributed by atoms with Crippen molar-refractivity contribution in [2.75, 3.05) is 26.9 Å². The van der Waals surface area contributed by atoms with Crippen LogP contribution in [0.1, 0.15) is 55.3 Å². The summed E-state index contributed by atoms with van der Waals surface area (Å²) in [5, 5.41) is 25.5. The number of carbonyl (C=O) groups is 1. The number of hydrogen-bond acceptors (Lipinski definition) is 9. The van der Waals surface area contributed by atoms with Crippen molar-refractivity contribution in [3.05, 3.63) is 41.1 Å². The summed E-state index contributed by atoms with van der Waals surface area (Å²) in [5.41, 5.74) is 4.37. The average Bonchev–Trinajstić information content (AvgIpc) is 3.63. The largest absolute Gasteiger partial charge is 0.490 e. The molecule has 2 aromatic heterocycles. The molecule has 1 aliphatic carbocycles. The highest BCUT2D eigenvalue weighted by atomic mass is 16.5. The van der Waals surface area contributed by atoms with Crippen LogP contribution in [-0.4, -0.2) is 64.2 Å². The molecule has 1 atom stereocenters. The summed E-state index contributed by atoms with van der Waals surface area (Å²) in [5.74, 6) is 1.94. The average molecular weight is 511 g/mol. The zero-order chi connectivity index (χ0) is 26.4. The maximum atomic E-state index is 11.2. The number of benzene rings is 1. The van der Waals surface area contributed by atoms with Gasteiger partial charge in [0.2, 0.25) is 17.6 Å². The van der Waals surface area contributed by atoms with Crippen molar-refractivity contribution in [2.24, 2.45) is 0 Å². The predicted molar refractivity (Wildman–Crippen MR) is 136 cm³/mol. The van der Waals surface area contributed by atoms with E-state index in [1.165, 1.54) is 12.8 Å². The van der Waals surface area contributed by atoms with Gasteiger partial charge in [-0.1, -0.05) is 24.9 Å². The highest BCUT2D eigenvalue weighted by Crippen LogP contribution is 2.36. The van der Waals surface area contributed by atoms with Gasteiger partial charge in [0, 0.05) is 35.3 Å². The zero-order valence-electron chi connectivity index (χ0n) is 21.5. The molecule has 3 aromatic rings. The van der Waals surface area contributed by atoms with Crippen molar-refractivity contribution >= 4 is 5.91 Å². The molecule has 10 heteroatoms. The second kappa shape index (κ2) is 12.2. The molecule has 10 nitrogen and oxygen atoms in total. The minimum Gasteiger partial charge on any atom is -0.490 e. The maximum absolute atomic E-state index is 11.2. The fourth-order valence-electron chi connectivity index (χ4n) is 4.61. The summed E-state index contributed by atoms with van der Waals surface area (Å²) in [4.78, 5) is 20.5. The molecule has 0 radical (unpaired) electrons. The lowest BCUT2D eigenvalue weighted by Gasteiger charge is -2.17. The number of carbonyl (C=O) groups excluding carboxylic acids is 1. The number of hydrogen-bond donors (Lipinski definition) is 3. The molecule has 37 heavy (non-hydrogen) atoms. The normalized spacial score (nSPS) is 14.5. The molecule has 4 rings (SSSR count). The third-order valence-corrected chi connectivity index (χ3v) is 6.57. The van der Waals surface area contributed by atoms with Gasteiger partial charge < -0.3 is 29.5 Å². The van der Waals surface area contributed by atoms with E-state index in [0.717, 1.165) is 40.8 Å². The highest BCUT2D eigenvalue weighted by Gasteiger charge is 2.22. The standard InChI is InChI=1S/C27H34N4O6/c1-4-17-10-19(9-16(2)25(17)36-15-21(33)13-28-23(34)14-32)26-30-27(37-31-26)20-11-22(18-7-5-6-8-18)29-24(12-20)35-3/h9-12,18,21,32-33H,4-8,13-15H2,1-3H3,(H,28,34). The second-order valence-electron chi connectivity index (χ2n) is 9.29. The molecule has 1 unspecified atom stereocenters. The molecule has 198 valence electrons. The van der Waals surface area contributed by atoms with E-state index in [1.807, 2.05) is 38.1 Å². The first-order valence-corrected chi connectivity index (χ1v) is 12.6. The molecule has 1 amide bonds. The Labute approximate surface area is 216 Å². The van der Waals surface area contributed by atoms with Crippen molar-refractivity contribution in [2.45, 2.75) is 58.0 Å². The number of aliphatic hydroxyl groups excluding tert-OH is 2. The molecule has 0 spiro atoms. The molecule has 1 fully saturated rings. The minimum absolute atomic E-state index is 0.00153. The van der Waals surface area contributed by atoms with Crippen LogP contribution >= 0.6 is 0 Å². The van der Waals surface area contributed by atoms with Crippen molar-refractivity contribution in [3.63, 3.8) is 0 Å².